The van der Waals surface area contributed by atoms with Crippen LogP contribution in [0.3, 0.4) is 0 Å². The van der Waals surface area contributed by atoms with E-state index in [2.05, 4.69) is 24.1 Å². The molecule has 0 spiro atoms. The van der Waals surface area contributed by atoms with Gasteiger partial charge in [-0.25, -0.2) is 0 Å². The molecule has 2 heteroatoms. The Balaban J connectivity index is 1.62. The zero-order valence-electron chi connectivity index (χ0n) is 13.7. The molecule has 1 saturated heterocycles. The zero-order valence-corrected chi connectivity index (χ0v) is 13.7. The van der Waals surface area contributed by atoms with Crippen LogP contribution in [0.25, 0.3) is 0 Å². The number of rotatable bonds is 4. The van der Waals surface area contributed by atoms with E-state index in [1.54, 1.807) is 0 Å². The zero-order chi connectivity index (χ0) is 14.0. The van der Waals surface area contributed by atoms with E-state index in [9.17, 15) is 0 Å². The Kier molecular flexibility index (Phi) is 4.72. The Morgan fingerprint density at radius 2 is 1.80 bits per heavy atom. The molecule has 3 rings (SSSR count). The Bertz CT molecular complexity index is 307. The smallest absolute Gasteiger partial charge is 0.0304 e. The van der Waals surface area contributed by atoms with Crippen molar-refractivity contribution in [3.05, 3.63) is 0 Å². The maximum Gasteiger partial charge on any atom is 0.0304 e. The predicted octanol–water partition coefficient (Wildman–Crippen LogP) is 3.81. The molecule has 3 aliphatic rings. The van der Waals surface area contributed by atoms with E-state index in [0.29, 0.717) is 5.54 Å². The minimum Gasteiger partial charge on any atom is -0.311 e. The van der Waals surface area contributed by atoms with Gasteiger partial charge < -0.3 is 5.32 Å². The molecule has 1 aliphatic heterocycles. The summed E-state index contributed by atoms with van der Waals surface area (Å²) in [6.07, 6.45) is 13.1. The number of hydrogen-bond acceptors (Lipinski definition) is 2. The summed E-state index contributed by atoms with van der Waals surface area (Å²) < 4.78 is 0. The van der Waals surface area contributed by atoms with Crippen LogP contribution in [-0.4, -0.2) is 36.1 Å². The van der Waals surface area contributed by atoms with Crippen LogP contribution in [0.15, 0.2) is 0 Å². The molecule has 3 fully saturated rings. The van der Waals surface area contributed by atoms with Gasteiger partial charge in [0.25, 0.3) is 0 Å². The molecule has 1 N–H and O–H groups in total. The van der Waals surface area contributed by atoms with Crippen molar-refractivity contribution in [2.75, 3.05) is 19.6 Å². The Morgan fingerprint density at radius 1 is 1.05 bits per heavy atom. The van der Waals surface area contributed by atoms with Gasteiger partial charge in [-0.1, -0.05) is 32.6 Å². The normalized spacial score (nSPS) is 37.8. The van der Waals surface area contributed by atoms with Crippen molar-refractivity contribution < 1.29 is 0 Å². The fourth-order valence-electron chi connectivity index (χ4n) is 4.47. The molecule has 2 atom stereocenters. The molecule has 2 unspecified atom stereocenters. The average molecular weight is 278 g/mol. The minimum atomic E-state index is 0.404. The molecule has 0 bridgehead atoms. The molecule has 0 aromatic heterocycles. The lowest BCUT2D eigenvalue weighted by atomic mass is 9.79. The van der Waals surface area contributed by atoms with Crippen LogP contribution in [0.5, 0.6) is 0 Å². The summed E-state index contributed by atoms with van der Waals surface area (Å²) in [4.78, 5) is 2.87. The van der Waals surface area contributed by atoms with E-state index in [0.717, 1.165) is 17.9 Å². The highest BCUT2D eigenvalue weighted by molar-refractivity contribution is 4.98. The summed E-state index contributed by atoms with van der Waals surface area (Å²) in [6, 6.07) is 0.773. The van der Waals surface area contributed by atoms with Crippen LogP contribution in [0.2, 0.25) is 0 Å². The maximum atomic E-state index is 3.93. The quantitative estimate of drug-likeness (QED) is 0.841. The molecular weight excluding hydrogens is 244 g/mol. The molecule has 0 radical (unpaired) electrons. The first kappa shape index (κ1) is 14.8. The highest BCUT2D eigenvalue weighted by Crippen LogP contribution is 2.34. The molecule has 0 amide bonds. The third kappa shape index (κ3) is 3.06. The van der Waals surface area contributed by atoms with Gasteiger partial charge in [-0.05, 0) is 50.9 Å². The lowest BCUT2D eigenvalue weighted by Crippen LogP contribution is -2.65. The van der Waals surface area contributed by atoms with Crippen LogP contribution >= 0.6 is 0 Å². The van der Waals surface area contributed by atoms with Crippen molar-refractivity contribution in [3.8, 4) is 0 Å². The second-order valence-corrected chi connectivity index (χ2v) is 7.94. The van der Waals surface area contributed by atoms with Gasteiger partial charge in [0.15, 0.2) is 0 Å². The molecule has 0 aromatic rings. The maximum absolute atomic E-state index is 3.93. The van der Waals surface area contributed by atoms with Crippen LogP contribution < -0.4 is 5.32 Å². The monoisotopic (exact) mass is 278 g/mol. The fourth-order valence-corrected chi connectivity index (χ4v) is 4.47. The van der Waals surface area contributed by atoms with Crippen molar-refractivity contribution in [3.63, 3.8) is 0 Å². The van der Waals surface area contributed by atoms with Gasteiger partial charge in [0.1, 0.15) is 0 Å². The minimum absolute atomic E-state index is 0.404. The molecule has 20 heavy (non-hydrogen) atoms. The van der Waals surface area contributed by atoms with Gasteiger partial charge in [-0.2, -0.15) is 0 Å². The first-order chi connectivity index (χ1) is 9.71. The molecule has 2 nitrogen and oxygen atoms in total. The van der Waals surface area contributed by atoms with Crippen molar-refractivity contribution in [1.29, 1.82) is 0 Å². The SMILES string of the molecule is CCC1(C)CNC(C2CCCCC2)CN1CC1CCC1. The predicted molar refractivity (Wildman–Crippen MR) is 86.0 cm³/mol. The summed E-state index contributed by atoms with van der Waals surface area (Å²) in [6.45, 7) is 8.74. The van der Waals surface area contributed by atoms with E-state index in [4.69, 9.17) is 0 Å². The molecule has 2 aliphatic carbocycles. The van der Waals surface area contributed by atoms with E-state index < -0.39 is 0 Å². The second-order valence-electron chi connectivity index (χ2n) is 7.94. The topological polar surface area (TPSA) is 15.3 Å². The lowest BCUT2D eigenvalue weighted by molar-refractivity contribution is 0.00774. The molecular formula is C18H34N2. The summed E-state index contributed by atoms with van der Waals surface area (Å²) in [5.74, 6) is 1.96. The highest BCUT2D eigenvalue weighted by atomic mass is 15.3. The number of nitrogens with zero attached hydrogens (tertiary/aromatic N) is 1. The molecule has 1 heterocycles. The summed E-state index contributed by atoms with van der Waals surface area (Å²) >= 11 is 0. The fraction of sp³-hybridized carbons (Fsp3) is 1.00. The Labute approximate surface area is 125 Å². The van der Waals surface area contributed by atoms with Crippen LogP contribution in [0.1, 0.15) is 71.6 Å². The van der Waals surface area contributed by atoms with Gasteiger partial charge in [-0.15, -0.1) is 0 Å². The van der Waals surface area contributed by atoms with Crippen molar-refractivity contribution in [2.45, 2.75) is 83.2 Å². The van der Waals surface area contributed by atoms with Crippen molar-refractivity contribution >= 4 is 0 Å². The molecule has 116 valence electrons. The van der Waals surface area contributed by atoms with Crippen molar-refractivity contribution in [1.82, 2.24) is 10.2 Å². The van der Waals surface area contributed by atoms with Gasteiger partial charge in [0.2, 0.25) is 0 Å². The molecule has 0 aromatic carbocycles. The first-order valence-electron chi connectivity index (χ1n) is 9.20. The van der Waals surface area contributed by atoms with Gasteiger partial charge in [-0.3, -0.25) is 4.90 Å². The van der Waals surface area contributed by atoms with Crippen LogP contribution in [0, 0.1) is 11.8 Å². The van der Waals surface area contributed by atoms with E-state index in [1.807, 2.05) is 0 Å². The van der Waals surface area contributed by atoms with Gasteiger partial charge in [0.05, 0.1) is 0 Å². The standard InChI is InChI=1S/C18H34N2/c1-3-18(2)14-19-17(16-10-5-4-6-11-16)13-20(18)12-15-8-7-9-15/h15-17,19H,3-14H2,1-2H3. The first-order valence-corrected chi connectivity index (χ1v) is 9.20. The van der Waals surface area contributed by atoms with Gasteiger partial charge >= 0.3 is 0 Å². The largest absolute Gasteiger partial charge is 0.311 e. The molecule has 2 saturated carbocycles. The summed E-state index contributed by atoms with van der Waals surface area (Å²) in [7, 11) is 0. The Morgan fingerprint density at radius 3 is 2.40 bits per heavy atom. The number of hydrogen-bond donors (Lipinski definition) is 1. The third-order valence-corrected chi connectivity index (χ3v) is 6.61. The highest BCUT2D eigenvalue weighted by Gasteiger charge is 2.40. The van der Waals surface area contributed by atoms with Gasteiger partial charge in [0, 0.05) is 31.2 Å². The summed E-state index contributed by atoms with van der Waals surface area (Å²) in [5, 5.41) is 3.93. The van der Waals surface area contributed by atoms with Crippen molar-refractivity contribution in [2.24, 2.45) is 11.8 Å². The third-order valence-electron chi connectivity index (χ3n) is 6.61. The average Bonchev–Trinajstić information content (AvgIpc) is 2.45. The number of piperazine rings is 1. The van der Waals surface area contributed by atoms with E-state index in [-0.39, 0.29) is 0 Å². The number of nitrogens with one attached hydrogen (secondary N) is 1. The van der Waals surface area contributed by atoms with E-state index in [1.165, 1.54) is 77.4 Å². The lowest BCUT2D eigenvalue weighted by Gasteiger charge is -2.51. The summed E-state index contributed by atoms with van der Waals surface area (Å²) in [5.41, 5.74) is 0.404. The van der Waals surface area contributed by atoms with Crippen LogP contribution in [0.4, 0.5) is 0 Å². The van der Waals surface area contributed by atoms with E-state index >= 15 is 0 Å². The van der Waals surface area contributed by atoms with Crippen LogP contribution in [-0.2, 0) is 0 Å². The Hall–Kier alpha value is -0.0800. The second kappa shape index (κ2) is 6.36.